The Labute approximate surface area is 120 Å². The van der Waals surface area contributed by atoms with E-state index in [9.17, 15) is 9.18 Å². The number of likely N-dealkylation sites (tertiary alicyclic amines) is 1. The lowest BCUT2D eigenvalue weighted by molar-refractivity contribution is 0.0875. The molecule has 0 amide bonds. The summed E-state index contributed by atoms with van der Waals surface area (Å²) in [6, 6.07) is 6.62. The minimum absolute atomic E-state index is 0.130. The molecule has 0 bridgehead atoms. The van der Waals surface area contributed by atoms with E-state index in [2.05, 4.69) is 4.90 Å². The summed E-state index contributed by atoms with van der Waals surface area (Å²) in [5.41, 5.74) is 0.631. The number of halogens is 1. The van der Waals surface area contributed by atoms with E-state index < -0.39 is 0 Å². The second-order valence-corrected chi connectivity index (χ2v) is 6.12. The van der Waals surface area contributed by atoms with Gasteiger partial charge in [-0.3, -0.25) is 9.69 Å². The van der Waals surface area contributed by atoms with Gasteiger partial charge in [-0.2, -0.15) is 0 Å². The van der Waals surface area contributed by atoms with Gasteiger partial charge in [0.1, 0.15) is 5.82 Å². The van der Waals surface area contributed by atoms with E-state index in [1.807, 2.05) is 0 Å². The maximum Gasteiger partial charge on any atom is 0.164 e. The third kappa shape index (κ3) is 2.93. The molecule has 1 heterocycles. The Hall–Kier alpha value is -1.22. The predicted octanol–water partition coefficient (Wildman–Crippen LogP) is 3.66. The van der Waals surface area contributed by atoms with Crippen LogP contribution in [0.1, 0.15) is 48.9 Å². The molecule has 2 fully saturated rings. The number of carbonyl (C=O) groups is 1. The molecule has 1 aliphatic heterocycles. The van der Waals surface area contributed by atoms with E-state index in [1.165, 1.54) is 44.2 Å². The summed E-state index contributed by atoms with van der Waals surface area (Å²) in [6.45, 7) is 2.00. The van der Waals surface area contributed by atoms with Crippen molar-refractivity contribution in [2.24, 2.45) is 5.92 Å². The molecular weight excluding hydrogens is 253 g/mol. The third-order valence-corrected chi connectivity index (χ3v) is 4.90. The first-order valence-corrected chi connectivity index (χ1v) is 7.77. The largest absolute Gasteiger partial charge is 0.300 e. The molecule has 0 N–H and O–H groups in total. The molecule has 108 valence electrons. The fourth-order valence-corrected chi connectivity index (χ4v) is 3.86. The van der Waals surface area contributed by atoms with Gasteiger partial charge in [-0.15, -0.1) is 0 Å². The standard InChI is InChI=1S/C17H22FNO/c18-15-8-6-14(7-9-15)17(20)10-12-19-11-2-4-13-3-1-5-16(13)19/h6-9,13,16H,1-5,10-12H2. The molecule has 1 saturated heterocycles. The number of carbonyl (C=O) groups excluding carboxylic acids is 1. The number of Topliss-reactive ketones (excluding diaryl/α,β-unsaturated/α-hetero) is 1. The van der Waals surface area contributed by atoms with Crippen molar-refractivity contribution in [1.82, 2.24) is 4.90 Å². The molecule has 1 saturated carbocycles. The van der Waals surface area contributed by atoms with Gasteiger partial charge in [0.2, 0.25) is 0 Å². The fourth-order valence-electron chi connectivity index (χ4n) is 3.86. The Morgan fingerprint density at radius 3 is 2.70 bits per heavy atom. The second-order valence-electron chi connectivity index (χ2n) is 6.12. The minimum atomic E-state index is -0.286. The summed E-state index contributed by atoms with van der Waals surface area (Å²) in [6.07, 6.45) is 7.20. The summed E-state index contributed by atoms with van der Waals surface area (Å²) in [5.74, 6) is 0.709. The number of hydrogen-bond donors (Lipinski definition) is 0. The highest BCUT2D eigenvalue weighted by molar-refractivity contribution is 5.96. The average molecular weight is 275 g/mol. The van der Waals surface area contributed by atoms with E-state index in [4.69, 9.17) is 0 Å². The number of hydrogen-bond acceptors (Lipinski definition) is 2. The van der Waals surface area contributed by atoms with Crippen LogP contribution in [-0.2, 0) is 0 Å². The number of benzene rings is 1. The lowest BCUT2D eigenvalue weighted by Gasteiger charge is -2.37. The van der Waals surface area contributed by atoms with Crippen LogP contribution in [0.2, 0.25) is 0 Å². The number of fused-ring (bicyclic) bond motifs is 1. The Bertz CT molecular complexity index is 470. The number of rotatable bonds is 4. The third-order valence-electron chi connectivity index (χ3n) is 4.90. The highest BCUT2D eigenvalue weighted by atomic mass is 19.1. The van der Waals surface area contributed by atoms with E-state index in [1.54, 1.807) is 12.1 Å². The molecule has 1 aromatic carbocycles. The molecule has 0 aromatic heterocycles. The Morgan fingerprint density at radius 1 is 1.15 bits per heavy atom. The van der Waals surface area contributed by atoms with Crippen molar-refractivity contribution in [2.75, 3.05) is 13.1 Å². The Kier molecular flexibility index (Phi) is 4.16. The molecule has 2 atom stereocenters. The topological polar surface area (TPSA) is 20.3 Å². The van der Waals surface area contributed by atoms with Gasteiger partial charge in [-0.1, -0.05) is 6.42 Å². The molecule has 1 aromatic rings. The molecule has 2 aliphatic rings. The lowest BCUT2D eigenvalue weighted by atomic mass is 9.91. The zero-order valence-electron chi connectivity index (χ0n) is 11.9. The Balaban J connectivity index is 1.56. The number of ketones is 1. The first-order chi connectivity index (χ1) is 9.74. The quantitative estimate of drug-likeness (QED) is 0.782. The maximum absolute atomic E-state index is 12.9. The van der Waals surface area contributed by atoms with Gasteiger partial charge in [0.15, 0.2) is 5.78 Å². The predicted molar refractivity (Wildman–Crippen MR) is 77.3 cm³/mol. The average Bonchev–Trinajstić information content (AvgIpc) is 2.94. The van der Waals surface area contributed by atoms with Crippen molar-refractivity contribution >= 4 is 5.78 Å². The number of nitrogens with zero attached hydrogens (tertiary/aromatic N) is 1. The zero-order chi connectivity index (χ0) is 13.9. The molecule has 20 heavy (non-hydrogen) atoms. The molecular formula is C17H22FNO. The molecule has 0 spiro atoms. The zero-order valence-corrected chi connectivity index (χ0v) is 11.9. The molecule has 2 unspecified atom stereocenters. The maximum atomic E-state index is 12.9. The summed E-state index contributed by atoms with van der Waals surface area (Å²) >= 11 is 0. The highest BCUT2D eigenvalue weighted by Gasteiger charge is 2.34. The molecule has 0 radical (unpaired) electrons. The van der Waals surface area contributed by atoms with Gasteiger partial charge in [0.25, 0.3) is 0 Å². The van der Waals surface area contributed by atoms with E-state index in [0.29, 0.717) is 18.0 Å². The van der Waals surface area contributed by atoms with Crippen LogP contribution < -0.4 is 0 Å². The molecule has 3 rings (SSSR count). The van der Waals surface area contributed by atoms with Crippen molar-refractivity contribution in [3.63, 3.8) is 0 Å². The van der Waals surface area contributed by atoms with Crippen LogP contribution in [-0.4, -0.2) is 29.8 Å². The SMILES string of the molecule is O=C(CCN1CCCC2CCCC21)c1ccc(F)cc1. The van der Waals surface area contributed by atoms with Crippen LogP contribution in [0.15, 0.2) is 24.3 Å². The van der Waals surface area contributed by atoms with Crippen LogP contribution in [0.3, 0.4) is 0 Å². The van der Waals surface area contributed by atoms with E-state index in [-0.39, 0.29) is 11.6 Å². The minimum Gasteiger partial charge on any atom is -0.300 e. The summed E-state index contributed by atoms with van der Waals surface area (Å²) in [5, 5.41) is 0. The van der Waals surface area contributed by atoms with Gasteiger partial charge in [-0.05, 0) is 62.4 Å². The summed E-state index contributed by atoms with van der Waals surface area (Å²) < 4.78 is 12.9. The smallest absolute Gasteiger partial charge is 0.164 e. The monoisotopic (exact) mass is 275 g/mol. The summed E-state index contributed by atoms with van der Waals surface area (Å²) in [4.78, 5) is 14.7. The fraction of sp³-hybridized carbons (Fsp3) is 0.588. The lowest BCUT2D eigenvalue weighted by Crippen LogP contribution is -2.43. The van der Waals surface area contributed by atoms with Gasteiger partial charge in [0, 0.05) is 24.6 Å². The van der Waals surface area contributed by atoms with E-state index >= 15 is 0 Å². The normalized spacial score (nSPS) is 26.4. The number of piperidine rings is 1. The summed E-state index contributed by atoms with van der Waals surface area (Å²) in [7, 11) is 0. The molecule has 2 nitrogen and oxygen atoms in total. The Morgan fingerprint density at radius 2 is 1.90 bits per heavy atom. The first kappa shape index (κ1) is 13.7. The van der Waals surface area contributed by atoms with Crippen LogP contribution in [0, 0.1) is 11.7 Å². The highest BCUT2D eigenvalue weighted by Crippen LogP contribution is 2.36. The van der Waals surface area contributed by atoms with Crippen molar-refractivity contribution in [3.05, 3.63) is 35.6 Å². The van der Waals surface area contributed by atoms with E-state index in [0.717, 1.165) is 19.0 Å². The van der Waals surface area contributed by atoms with Crippen LogP contribution in [0.4, 0.5) is 4.39 Å². The van der Waals surface area contributed by atoms with Crippen LogP contribution in [0.25, 0.3) is 0 Å². The van der Waals surface area contributed by atoms with Crippen molar-refractivity contribution < 1.29 is 9.18 Å². The van der Waals surface area contributed by atoms with Crippen molar-refractivity contribution in [2.45, 2.75) is 44.6 Å². The molecule has 3 heteroatoms. The van der Waals surface area contributed by atoms with Crippen LogP contribution in [0.5, 0.6) is 0 Å². The van der Waals surface area contributed by atoms with Gasteiger partial charge in [-0.25, -0.2) is 4.39 Å². The first-order valence-electron chi connectivity index (χ1n) is 7.77. The second kappa shape index (κ2) is 6.04. The van der Waals surface area contributed by atoms with Gasteiger partial charge < -0.3 is 0 Å². The van der Waals surface area contributed by atoms with Crippen LogP contribution >= 0.6 is 0 Å². The van der Waals surface area contributed by atoms with Gasteiger partial charge >= 0.3 is 0 Å². The van der Waals surface area contributed by atoms with Gasteiger partial charge in [0.05, 0.1) is 0 Å². The van der Waals surface area contributed by atoms with Crippen molar-refractivity contribution in [3.8, 4) is 0 Å². The molecule has 1 aliphatic carbocycles. The van der Waals surface area contributed by atoms with Crippen molar-refractivity contribution in [1.29, 1.82) is 0 Å².